The van der Waals surface area contributed by atoms with Gasteiger partial charge in [0, 0.05) is 23.7 Å². The summed E-state index contributed by atoms with van der Waals surface area (Å²) in [5.41, 5.74) is 3.68. The molecule has 1 saturated carbocycles. The van der Waals surface area contributed by atoms with E-state index in [4.69, 9.17) is 19.2 Å². The molecule has 0 amide bonds. The van der Waals surface area contributed by atoms with E-state index in [1.54, 1.807) is 21.3 Å². The third kappa shape index (κ3) is 3.33. The summed E-state index contributed by atoms with van der Waals surface area (Å²) in [6, 6.07) is 11.8. The first-order valence-corrected chi connectivity index (χ1v) is 9.79. The first-order valence-electron chi connectivity index (χ1n) is 9.79. The van der Waals surface area contributed by atoms with Crippen LogP contribution >= 0.6 is 0 Å². The molecule has 6 heteroatoms. The highest BCUT2D eigenvalue weighted by molar-refractivity contribution is 6.08. The standard InChI is InChI=1S/C23H26N2O4/c1-13-21-18(25-17-8-6-5-7-16(17)24-13)11-14(12-19(21)26)15-9-10-20(27-2)23(29-4)22(15)28-3/h5-10,14,18,21,25H,11-12H2,1-4H3/t14-,18+,21+/m1/s1. The molecule has 1 N–H and O–H groups in total. The third-order valence-electron chi connectivity index (χ3n) is 5.90. The van der Waals surface area contributed by atoms with Crippen LogP contribution in [0, 0.1) is 5.92 Å². The number of aliphatic imine (C=N–C) groups is 1. The molecule has 6 nitrogen and oxygen atoms in total. The highest BCUT2D eigenvalue weighted by atomic mass is 16.5. The summed E-state index contributed by atoms with van der Waals surface area (Å²) in [6.45, 7) is 1.96. The van der Waals surface area contributed by atoms with Gasteiger partial charge in [-0.15, -0.1) is 0 Å². The minimum atomic E-state index is -0.218. The van der Waals surface area contributed by atoms with Crippen molar-refractivity contribution in [3.05, 3.63) is 42.0 Å². The number of rotatable bonds is 4. The number of nitrogens with zero attached hydrogens (tertiary/aromatic N) is 1. The van der Waals surface area contributed by atoms with Crippen molar-refractivity contribution >= 4 is 22.9 Å². The zero-order valence-electron chi connectivity index (χ0n) is 17.2. The second kappa shape index (κ2) is 7.78. The number of methoxy groups -OCH3 is 3. The summed E-state index contributed by atoms with van der Waals surface area (Å²) in [6.07, 6.45) is 1.24. The third-order valence-corrected chi connectivity index (χ3v) is 5.90. The Morgan fingerprint density at radius 1 is 1.00 bits per heavy atom. The Hall–Kier alpha value is -3.02. The van der Waals surface area contributed by atoms with Gasteiger partial charge in [0.25, 0.3) is 0 Å². The maximum Gasteiger partial charge on any atom is 0.203 e. The number of nitrogens with one attached hydrogen (secondary N) is 1. The predicted octanol–water partition coefficient (Wildman–Crippen LogP) is 4.36. The predicted molar refractivity (Wildman–Crippen MR) is 113 cm³/mol. The zero-order valence-corrected chi connectivity index (χ0v) is 17.2. The van der Waals surface area contributed by atoms with Crippen molar-refractivity contribution in [1.29, 1.82) is 0 Å². The molecule has 1 aliphatic heterocycles. The van der Waals surface area contributed by atoms with Crippen LogP contribution in [0.5, 0.6) is 17.2 Å². The molecule has 1 aliphatic carbocycles. The van der Waals surface area contributed by atoms with Gasteiger partial charge in [-0.1, -0.05) is 18.2 Å². The Labute approximate surface area is 170 Å². The van der Waals surface area contributed by atoms with Gasteiger partial charge in [0.2, 0.25) is 5.75 Å². The smallest absolute Gasteiger partial charge is 0.203 e. The fourth-order valence-corrected chi connectivity index (χ4v) is 4.62. The van der Waals surface area contributed by atoms with E-state index in [1.807, 2.05) is 43.3 Å². The van der Waals surface area contributed by atoms with E-state index in [1.165, 1.54) is 0 Å². The Bertz CT molecular complexity index is 969. The normalized spacial score (nSPS) is 23.1. The topological polar surface area (TPSA) is 69.2 Å². The summed E-state index contributed by atoms with van der Waals surface area (Å²) in [4.78, 5) is 17.9. The van der Waals surface area contributed by atoms with Crippen LogP contribution in [-0.2, 0) is 4.79 Å². The average Bonchev–Trinajstić information content (AvgIpc) is 2.87. The first kappa shape index (κ1) is 19.3. The van der Waals surface area contributed by atoms with Crippen molar-refractivity contribution in [1.82, 2.24) is 0 Å². The van der Waals surface area contributed by atoms with Crippen molar-refractivity contribution in [3.8, 4) is 17.2 Å². The van der Waals surface area contributed by atoms with E-state index in [0.29, 0.717) is 23.7 Å². The average molecular weight is 394 g/mol. The quantitative estimate of drug-likeness (QED) is 0.834. The molecular formula is C23H26N2O4. The zero-order chi connectivity index (χ0) is 20.5. The Kier molecular flexibility index (Phi) is 5.18. The molecule has 29 heavy (non-hydrogen) atoms. The molecule has 0 radical (unpaired) electrons. The minimum absolute atomic E-state index is 0.0177. The number of hydrogen-bond acceptors (Lipinski definition) is 6. The Balaban J connectivity index is 1.72. The van der Waals surface area contributed by atoms with Crippen LogP contribution in [0.15, 0.2) is 41.4 Å². The van der Waals surface area contributed by atoms with E-state index < -0.39 is 0 Å². The molecule has 0 spiro atoms. The lowest BCUT2D eigenvalue weighted by molar-refractivity contribution is -0.123. The van der Waals surface area contributed by atoms with Gasteiger partial charge in [0.15, 0.2) is 11.5 Å². The number of ketones is 1. The largest absolute Gasteiger partial charge is 0.493 e. The second-order valence-electron chi connectivity index (χ2n) is 7.53. The Morgan fingerprint density at radius 2 is 1.76 bits per heavy atom. The molecule has 0 bridgehead atoms. The maximum absolute atomic E-state index is 13.2. The lowest BCUT2D eigenvalue weighted by Gasteiger charge is -2.36. The number of hydrogen-bond donors (Lipinski definition) is 1. The molecule has 4 rings (SSSR count). The van der Waals surface area contributed by atoms with E-state index in [0.717, 1.165) is 29.1 Å². The molecule has 3 atom stereocenters. The molecule has 2 aromatic rings. The SMILES string of the molecule is COc1ccc([C@H]2CC(=O)[C@H]3C(C)=Nc4ccccc4N[C@H]3C2)c(OC)c1OC. The van der Waals surface area contributed by atoms with Gasteiger partial charge >= 0.3 is 0 Å². The second-order valence-corrected chi connectivity index (χ2v) is 7.53. The number of ether oxygens (including phenoxy) is 3. The van der Waals surface area contributed by atoms with Crippen LogP contribution in [0.3, 0.4) is 0 Å². The van der Waals surface area contributed by atoms with Crippen LogP contribution in [0.25, 0.3) is 0 Å². The summed E-state index contributed by atoms with van der Waals surface area (Å²) in [5, 5.41) is 3.58. The molecule has 0 aromatic heterocycles. The number of carbonyl (C=O) groups excluding carboxylic acids is 1. The molecule has 2 aliphatic rings. The lowest BCUT2D eigenvalue weighted by Crippen LogP contribution is -2.43. The fraction of sp³-hybridized carbons (Fsp3) is 0.391. The van der Waals surface area contributed by atoms with E-state index in [-0.39, 0.29) is 23.7 Å². The van der Waals surface area contributed by atoms with Crippen LogP contribution in [-0.4, -0.2) is 38.9 Å². The Morgan fingerprint density at radius 3 is 2.48 bits per heavy atom. The molecule has 0 saturated heterocycles. The molecule has 2 aromatic carbocycles. The van der Waals surface area contributed by atoms with Crippen LogP contribution in [0.2, 0.25) is 0 Å². The monoisotopic (exact) mass is 394 g/mol. The van der Waals surface area contributed by atoms with E-state index >= 15 is 0 Å². The van der Waals surface area contributed by atoms with Gasteiger partial charge in [-0.25, -0.2) is 0 Å². The van der Waals surface area contributed by atoms with Crippen molar-refractivity contribution in [2.45, 2.75) is 31.7 Å². The number of para-hydroxylation sites is 2. The number of benzene rings is 2. The molecule has 1 fully saturated rings. The summed E-state index contributed by atoms with van der Waals surface area (Å²) in [5.74, 6) is 1.79. The lowest BCUT2D eigenvalue weighted by atomic mass is 9.73. The molecule has 152 valence electrons. The van der Waals surface area contributed by atoms with Gasteiger partial charge in [-0.05, 0) is 37.5 Å². The number of anilines is 1. The summed E-state index contributed by atoms with van der Waals surface area (Å²) in [7, 11) is 4.81. The molecule has 1 heterocycles. The first-order chi connectivity index (χ1) is 14.1. The summed E-state index contributed by atoms with van der Waals surface area (Å²) < 4.78 is 16.6. The highest BCUT2D eigenvalue weighted by Gasteiger charge is 2.41. The minimum Gasteiger partial charge on any atom is -0.493 e. The van der Waals surface area contributed by atoms with Crippen molar-refractivity contribution < 1.29 is 19.0 Å². The van der Waals surface area contributed by atoms with Crippen molar-refractivity contribution in [2.24, 2.45) is 10.9 Å². The van der Waals surface area contributed by atoms with Gasteiger partial charge in [-0.2, -0.15) is 0 Å². The van der Waals surface area contributed by atoms with Gasteiger partial charge in [-0.3, -0.25) is 9.79 Å². The van der Waals surface area contributed by atoms with Crippen molar-refractivity contribution in [3.63, 3.8) is 0 Å². The van der Waals surface area contributed by atoms with E-state index in [9.17, 15) is 4.79 Å². The van der Waals surface area contributed by atoms with E-state index in [2.05, 4.69) is 5.32 Å². The maximum atomic E-state index is 13.2. The number of carbonyl (C=O) groups is 1. The number of Topliss-reactive ketones (excluding diaryl/α,β-unsaturated/α-hetero) is 1. The molecule has 0 unspecified atom stereocenters. The van der Waals surface area contributed by atoms with Crippen LogP contribution in [0.4, 0.5) is 11.4 Å². The van der Waals surface area contributed by atoms with Gasteiger partial charge in [0.05, 0.1) is 38.6 Å². The summed E-state index contributed by atoms with van der Waals surface area (Å²) >= 11 is 0. The van der Waals surface area contributed by atoms with Crippen LogP contribution < -0.4 is 19.5 Å². The van der Waals surface area contributed by atoms with Crippen molar-refractivity contribution in [2.75, 3.05) is 26.6 Å². The molecular weight excluding hydrogens is 368 g/mol. The van der Waals surface area contributed by atoms with Gasteiger partial charge in [0.1, 0.15) is 5.78 Å². The highest BCUT2D eigenvalue weighted by Crippen LogP contribution is 2.47. The fourth-order valence-electron chi connectivity index (χ4n) is 4.62. The number of fused-ring (bicyclic) bond motifs is 2. The van der Waals surface area contributed by atoms with Crippen LogP contribution in [0.1, 0.15) is 31.2 Å². The van der Waals surface area contributed by atoms with Gasteiger partial charge < -0.3 is 19.5 Å².